The van der Waals surface area contributed by atoms with Crippen molar-refractivity contribution in [2.24, 2.45) is 0 Å². The molecule has 1 aromatic heterocycles. The van der Waals surface area contributed by atoms with E-state index in [0.717, 1.165) is 48.8 Å². The van der Waals surface area contributed by atoms with E-state index < -0.39 is 0 Å². The number of benzene rings is 2. The Kier molecular flexibility index (Phi) is 7.54. The average molecular weight is 492 g/mol. The van der Waals surface area contributed by atoms with Crippen molar-refractivity contribution in [1.82, 2.24) is 9.88 Å². The predicted molar refractivity (Wildman–Crippen MR) is 130 cm³/mol. The molecule has 0 radical (unpaired) electrons. The molecule has 1 saturated heterocycles. The number of carbonyl (C=O) groups is 1. The fourth-order valence-electron chi connectivity index (χ4n) is 3.82. The zero-order chi connectivity index (χ0) is 21.9. The van der Waals surface area contributed by atoms with Crippen LogP contribution in [0.2, 0.25) is 0 Å². The maximum atomic E-state index is 13.6. The summed E-state index contributed by atoms with van der Waals surface area (Å²) in [4.78, 5) is 22.5. The molecule has 1 amide bonds. The third kappa shape index (κ3) is 5.16. The van der Waals surface area contributed by atoms with Crippen molar-refractivity contribution in [3.63, 3.8) is 0 Å². The lowest BCUT2D eigenvalue weighted by Crippen LogP contribution is -2.43. The Morgan fingerprint density at radius 1 is 1.09 bits per heavy atom. The molecule has 2 aliphatic rings. The maximum Gasteiger partial charge on any atom is 0.260 e. The summed E-state index contributed by atoms with van der Waals surface area (Å²) in [6, 6.07) is 11.1. The smallest absolute Gasteiger partial charge is 0.260 e. The Hall–Kier alpha value is -2.59. The highest BCUT2D eigenvalue weighted by Gasteiger charge is 2.24. The molecule has 0 N–H and O–H groups in total. The molecule has 33 heavy (non-hydrogen) atoms. The summed E-state index contributed by atoms with van der Waals surface area (Å²) in [5, 5.41) is 0.668. The molecular weight excluding hydrogens is 466 g/mol. The third-order valence-corrected chi connectivity index (χ3v) is 6.63. The van der Waals surface area contributed by atoms with Crippen LogP contribution >= 0.6 is 23.7 Å². The number of fused-ring (bicyclic) bond motifs is 2. The molecule has 0 spiro atoms. The van der Waals surface area contributed by atoms with Crippen molar-refractivity contribution in [1.29, 1.82) is 0 Å². The summed E-state index contributed by atoms with van der Waals surface area (Å²) in [6.45, 7) is 5.44. The number of hydrogen-bond acceptors (Lipinski definition) is 8. The second-order valence-corrected chi connectivity index (χ2v) is 8.61. The molecule has 0 unspecified atom stereocenters. The molecule has 3 heterocycles. The first-order valence-corrected chi connectivity index (χ1v) is 11.5. The van der Waals surface area contributed by atoms with Crippen LogP contribution < -0.4 is 19.1 Å². The second-order valence-electron chi connectivity index (χ2n) is 7.60. The van der Waals surface area contributed by atoms with Crippen molar-refractivity contribution >= 4 is 45.0 Å². The molecule has 5 rings (SSSR count). The van der Waals surface area contributed by atoms with Gasteiger partial charge in [-0.3, -0.25) is 14.6 Å². The first-order chi connectivity index (χ1) is 15.7. The Balaban J connectivity index is 0.00000259. The van der Waals surface area contributed by atoms with Crippen LogP contribution in [0, 0.1) is 0 Å². The SMILES string of the molecule is COc1ccc2nc(N(CCN3CCOCC3)C(=O)c3ccc4c(c3)OCCO4)sc2c1.Cl. The minimum absolute atomic E-state index is 0. The lowest BCUT2D eigenvalue weighted by Gasteiger charge is -2.29. The van der Waals surface area contributed by atoms with Gasteiger partial charge in [0.05, 0.1) is 30.5 Å². The van der Waals surface area contributed by atoms with E-state index in [9.17, 15) is 4.79 Å². The maximum absolute atomic E-state index is 13.6. The van der Waals surface area contributed by atoms with Gasteiger partial charge < -0.3 is 18.9 Å². The highest BCUT2D eigenvalue weighted by atomic mass is 35.5. The lowest BCUT2D eigenvalue weighted by molar-refractivity contribution is 0.0391. The molecule has 1 fully saturated rings. The Morgan fingerprint density at radius 3 is 2.67 bits per heavy atom. The topological polar surface area (TPSA) is 73.4 Å². The van der Waals surface area contributed by atoms with Gasteiger partial charge in [-0.05, 0) is 36.4 Å². The van der Waals surface area contributed by atoms with Crippen LogP contribution in [0.5, 0.6) is 17.2 Å². The number of halogens is 1. The van der Waals surface area contributed by atoms with Crippen LogP contribution in [0.4, 0.5) is 5.13 Å². The number of anilines is 1. The summed E-state index contributed by atoms with van der Waals surface area (Å²) in [5.74, 6) is 1.93. The number of hydrogen-bond donors (Lipinski definition) is 0. The van der Waals surface area contributed by atoms with Crippen LogP contribution in [-0.2, 0) is 4.74 Å². The summed E-state index contributed by atoms with van der Waals surface area (Å²) < 4.78 is 23.1. The van der Waals surface area contributed by atoms with Gasteiger partial charge in [-0.1, -0.05) is 11.3 Å². The zero-order valence-electron chi connectivity index (χ0n) is 18.3. The van der Waals surface area contributed by atoms with Crippen LogP contribution in [0.25, 0.3) is 10.2 Å². The number of morpholine rings is 1. The zero-order valence-corrected chi connectivity index (χ0v) is 20.0. The first-order valence-electron chi connectivity index (χ1n) is 10.7. The van der Waals surface area contributed by atoms with E-state index in [1.54, 1.807) is 30.2 Å². The minimum Gasteiger partial charge on any atom is -0.497 e. The molecule has 8 nitrogen and oxygen atoms in total. The van der Waals surface area contributed by atoms with E-state index in [1.165, 1.54) is 11.3 Å². The van der Waals surface area contributed by atoms with Gasteiger partial charge in [-0.15, -0.1) is 12.4 Å². The Morgan fingerprint density at radius 2 is 1.88 bits per heavy atom. The van der Waals surface area contributed by atoms with E-state index >= 15 is 0 Å². The van der Waals surface area contributed by atoms with Crippen LogP contribution in [-0.4, -0.2) is 75.5 Å². The van der Waals surface area contributed by atoms with Crippen LogP contribution in [0.1, 0.15) is 10.4 Å². The van der Waals surface area contributed by atoms with E-state index in [0.29, 0.717) is 42.0 Å². The monoisotopic (exact) mass is 491 g/mol. The fourth-order valence-corrected chi connectivity index (χ4v) is 4.84. The molecule has 0 atom stereocenters. The number of ether oxygens (including phenoxy) is 4. The van der Waals surface area contributed by atoms with Gasteiger partial charge in [0.2, 0.25) is 0 Å². The molecule has 2 aliphatic heterocycles. The molecular formula is C23H26ClN3O5S. The van der Waals surface area contributed by atoms with Gasteiger partial charge >= 0.3 is 0 Å². The van der Waals surface area contributed by atoms with Gasteiger partial charge in [-0.2, -0.15) is 0 Å². The largest absolute Gasteiger partial charge is 0.497 e. The molecule has 10 heteroatoms. The van der Waals surface area contributed by atoms with Gasteiger partial charge in [0, 0.05) is 31.7 Å². The van der Waals surface area contributed by atoms with Crippen LogP contribution in [0.15, 0.2) is 36.4 Å². The second kappa shape index (κ2) is 10.6. The Labute approximate surface area is 202 Å². The van der Waals surface area contributed by atoms with Crippen molar-refractivity contribution < 1.29 is 23.7 Å². The lowest BCUT2D eigenvalue weighted by atomic mass is 10.1. The molecule has 0 bridgehead atoms. The predicted octanol–water partition coefficient (Wildman–Crippen LogP) is 3.48. The summed E-state index contributed by atoms with van der Waals surface area (Å²) >= 11 is 1.49. The highest BCUT2D eigenvalue weighted by Crippen LogP contribution is 2.34. The number of thiazole rings is 1. The number of carbonyl (C=O) groups excluding carboxylic acids is 1. The quantitative estimate of drug-likeness (QED) is 0.522. The van der Waals surface area contributed by atoms with Gasteiger partial charge in [0.1, 0.15) is 19.0 Å². The number of methoxy groups -OCH3 is 1. The molecule has 0 aliphatic carbocycles. The molecule has 3 aromatic rings. The minimum atomic E-state index is -0.110. The molecule has 0 saturated carbocycles. The summed E-state index contributed by atoms with van der Waals surface area (Å²) in [5.41, 5.74) is 1.39. The number of nitrogens with zero attached hydrogens (tertiary/aromatic N) is 3. The average Bonchev–Trinajstić information content (AvgIpc) is 3.27. The fraction of sp³-hybridized carbons (Fsp3) is 0.391. The van der Waals surface area contributed by atoms with Gasteiger partial charge in [0.15, 0.2) is 16.6 Å². The number of amides is 1. The van der Waals surface area contributed by atoms with Crippen molar-refractivity contribution in [2.75, 3.05) is 64.6 Å². The summed E-state index contributed by atoms with van der Waals surface area (Å²) in [6.07, 6.45) is 0. The van der Waals surface area contributed by atoms with Crippen molar-refractivity contribution in [3.8, 4) is 17.2 Å². The van der Waals surface area contributed by atoms with Crippen molar-refractivity contribution in [2.45, 2.75) is 0 Å². The third-order valence-electron chi connectivity index (χ3n) is 5.59. The highest BCUT2D eigenvalue weighted by molar-refractivity contribution is 7.22. The molecule has 176 valence electrons. The van der Waals surface area contributed by atoms with Crippen molar-refractivity contribution in [3.05, 3.63) is 42.0 Å². The van der Waals surface area contributed by atoms with E-state index in [1.807, 2.05) is 18.2 Å². The number of rotatable bonds is 6. The Bertz CT molecular complexity index is 1120. The van der Waals surface area contributed by atoms with Crippen LogP contribution in [0.3, 0.4) is 0 Å². The first kappa shape index (κ1) is 23.6. The standard InChI is InChI=1S/C23H25N3O5S.ClH/c1-28-17-3-4-18-21(15-17)32-23(24-18)26(7-6-25-8-10-29-11-9-25)22(27)16-2-5-19-20(14-16)31-13-12-30-19;/h2-5,14-15H,6-13H2,1H3;1H. The van der Waals surface area contributed by atoms with E-state index in [2.05, 4.69) is 4.90 Å². The summed E-state index contributed by atoms with van der Waals surface area (Å²) in [7, 11) is 1.64. The van der Waals surface area contributed by atoms with E-state index in [-0.39, 0.29) is 18.3 Å². The van der Waals surface area contributed by atoms with Gasteiger partial charge in [-0.25, -0.2) is 4.98 Å². The number of aromatic nitrogens is 1. The molecule has 2 aromatic carbocycles. The normalized spacial score (nSPS) is 15.7. The van der Waals surface area contributed by atoms with E-state index in [4.69, 9.17) is 23.9 Å². The van der Waals surface area contributed by atoms with Gasteiger partial charge in [0.25, 0.3) is 5.91 Å².